The number of morpholine rings is 1. The minimum Gasteiger partial charge on any atom is -0.378 e. The maximum atomic E-state index is 5.43. The van der Waals surface area contributed by atoms with Crippen molar-refractivity contribution in [2.75, 3.05) is 43.1 Å². The fourth-order valence-corrected chi connectivity index (χ4v) is 3.14. The van der Waals surface area contributed by atoms with Crippen molar-refractivity contribution in [3.05, 3.63) is 30.0 Å². The van der Waals surface area contributed by atoms with Crippen molar-refractivity contribution in [2.24, 2.45) is 0 Å². The van der Waals surface area contributed by atoms with Gasteiger partial charge >= 0.3 is 0 Å². The van der Waals surface area contributed by atoms with Crippen LogP contribution in [-0.4, -0.2) is 52.4 Å². The van der Waals surface area contributed by atoms with Crippen molar-refractivity contribution in [2.45, 2.75) is 46.1 Å². The summed E-state index contributed by atoms with van der Waals surface area (Å²) in [6.07, 6.45) is 5.87. The largest absolute Gasteiger partial charge is 0.378 e. The molecule has 1 fully saturated rings. The summed E-state index contributed by atoms with van der Waals surface area (Å²) >= 11 is 0. The monoisotopic (exact) mass is 358 g/mol. The number of aryl methyl sites for hydroxylation is 2. The molecule has 3 heterocycles. The normalized spacial score (nSPS) is 14.8. The van der Waals surface area contributed by atoms with Crippen molar-refractivity contribution in [3.63, 3.8) is 0 Å². The standard InChI is InChI=1S/C19H30N6O/c1-4-16-14-17(23-19(22-16)25-10-12-26-13-11-25)20-6-5-8-24-9-7-21-18(24)15(2)3/h7,9,14-15H,4-6,8,10-13H2,1-3H3,(H,20,22,23). The topological polar surface area (TPSA) is 68.1 Å². The minimum atomic E-state index is 0.447. The number of hydrogen-bond acceptors (Lipinski definition) is 6. The molecule has 0 radical (unpaired) electrons. The molecule has 0 aliphatic carbocycles. The number of rotatable bonds is 8. The van der Waals surface area contributed by atoms with Crippen LogP contribution in [0.4, 0.5) is 11.8 Å². The molecule has 1 aliphatic rings. The highest BCUT2D eigenvalue weighted by molar-refractivity contribution is 5.44. The molecule has 0 amide bonds. The summed E-state index contributed by atoms with van der Waals surface area (Å²) in [6.45, 7) is 11.5. The van der Waals surface area contributed by atoms with E-state index in [4.69, 9.17) is 9.72 Å². The van der Waals surface area contributed by atoms with Crippen LogP contribution in [0.2, 0.25) is 0 Å². The molecule has 0 unspecified atom stereocenters. The van der Waals surface area contributed by atoms with Gasteiger partial charge in [0.2, 0.25) is 5.95 Å². The van der Waals surface area contributed by atoms with Gasteiger partial charge < -0.3 is 19.5 Å². The molecule has 0 saturated carbocycles. The Hall–Kier alpha value is -2.15. The average Bonchev–Trinajstić information content (AvgIpc) is 3.14. The van der Waals surface area contributed by atoms with E-state index in [1.165, 1.54) is 0 Å². The Morgan fingerprint density at radius 3 is 2.77 bits per heavy atom. The highest BCUT2D eigenvalue weighted by Gasteiger charge is 2.15. The van der Waals surface area contributed by atoms with Crippen molar-refractivity contribution in [1.82, 2.24) is 19.5 Å². The van der Waals surface area contributed by atoms with Gasteiger partial charge in [-0.2, -0.15) is 4.98 Å². The number of aromatic nitrogens is 4. The fourth-order valence-electron chi connectivity index (χ4n) is 3.14. The molecule has 0 aromatic carbocycles. The van der Waals surface area contributed by atoms with E-state index in [2.05, 4.69) is 57.8 Å². The lowest BCUT2D eigenvalue weighted by Crippen LogP contribution is -2.37. The summed E-state index contributed by atoms with van der Waals surface area (Å²) in [4.78, 5) is 16.0. The fraction of sp³-hybridized carbons (Fsp3) is 0.632. The van der Waals surface area contributed by atoms with Gasteiger partial charge in [-0.1, -0.05) is 20.8 Å². The zero-order valence-corrected chi connectivity index (χ0v) is 16.1. The molecule has 3 rings (SSSR count). The summed E-state index contributed by atoms with van der Waals surface area (Å²) in [6, 6.07) is 2.06. The number of nitrogens with one attached hydrogen (secondary N) is 1. The predicted octanol–water partition coefficient (Wildman–Crippen LogP) is 2.70. The lowest BCUT2D eigenvalue weighted by molar-refractivity contribution is 0.122. The summed E-state index contributed by atoms with van der Waals surface area (Å²) in [5.74, 6) is 3.32. The Balaban J connectivity index is 1.57. The zero-order valence-electron chi connectivity index (χ0n) is 16.1. The molecule has 26 heavy (non-hydrogen) atoms. The van der Waals surface area contributed by atoms with E-state index in [1.807, 2.05) is 6.20 Å². The van der Waals surface area contributed by atoms with Crippen LogP contribution in [-0.2, 0) is 17.7 Å². The van der Waals surface area contributed by atoms with Crippen LogP contribution in [0.3, 0.4) is 0 Å². The van der Waals surface area contributed by atoms with Gasteiger partial charge in [0.25, 0.3) is 0 Å². The first-order valence-electron chi connectivity index (χ1n) is 9.63. The van der Waals surface area contributed by atoms with E-state index in [9.17, 15) is 0 Å². The SMILES string of the molecule is CCc1cc(NCCCn2ccnc2C(C)C)nc(N2CCOCC2)n1. The maximum Gasteiger partial charge on any atom is 0.227 e. The average molecular weight is 358 g/mol. The number of imidazole rings is 1. The highest BCUT2D eigenvalue weighted by atomic mass is 16.5. The Morgan fingerprint density at radius 2 is 2.04 bits per heavy atom. The van der Waals surface area contributed by atoms with Crippen LogP contribution in [0, 0.1) is 0 Å². The Kier molecular flexibility index (Phi) is 6.44. The van der Waals surface area contributed by atoms with E-state index >= 15 is 0 Å². The molecular weight excluding hydrogens is 328 g/mol. The smallest absolute Gasteiger partial charge is 0.227 e. The van der Waals surface area contributed by atoms with Gasteiger partial charge in [0, 0.05) is 56.3 Å². The van der Waals surface area contributed by atoms with E-state index in [0.717, 1.165) is 75.5 Å². The van der Waals surface area contributed by atoms with Gasteiger partial charge in [0.15, 0.2) is 0 Å². The van der Waals surface area contributed by atoms with Gasteiger partial charge in [0.05, 0.1) is 13.2 Å². The third-order valence-electron chi connectivity index (χ3n) is 4.57. The van der Waals surface area contributed by atoms with Gasteiger partial charge in [-0.25, -0.2) is 9.97 Å². The third kappa shape index (κ3) is 4.72. The summed E-state index contributed by atoms with van der Waals surface area (Å²) in [7, 11) is 0. The van der Waals surface area contributed by atoms with Gasteiger partial charge in [-0.3, -0.25) is 0 Å². The molecule has 0 atom stereocenters. The predicted molar refractivity (Wildman–Crippen MR) is 104 cm³/mol. The Bertz CT molecular complexity index is 693. The minimum absolute atomic E-state index is 0.447. The highest BCUT2D eigenvalue weighted by Crippen LogP contribution is 2.16. The molecule has 7 nitrogen and oxygen atoms in total. The van der Waals surface area contributed by atoms with Gasteiger partial charge in [0.1, 0.15) is 11.6 Å². The molecule has 1 N–H and O–H groups in total. The lowest BCUT2D eigenvalue weighted by Gasteiger charge is -2.27. The molecule has 7 heteroatoms. The number of hydrogen-bond donors (Lipinski definition) is 1. The Labute approximate surface area is 155 Å². The van der Waals surface area contributed by atoms with Crippen molar-refractivity contribution < 1.29 is 4.74 Å². The van der Waals surface area contributed by atoms with Crippen molar-refractivity contribution in [3.8, 4) is 0 Å². The van der Waals surface area contributed by atoms with E-state index in [1.54, 1.807) is 0 Å². The number of anilines is 2. The Morgan fingerprint density at radius 1 is 1.23 bits per heavy atom. The first kappa shape index (κ1) is 18.6. The van der Waals surface area contributed by atoms with Crippen LogP contribution in [0.1, 0.15) is 44.6 Å². The molecule has 1 aliphatic heterocycles. The molecule has 142 valence electrons. The molecular formula is C19H30N6O. The molecule has 1 saturated heterocycles. The van der Waals surface area contributed by atoms with E-state index in [0.29, 0.717) is 5.92 Å². The molecule has 2 aromatic rings. The summed E-state index contributed by atoms with van der Waals surface area (Å²) in [5, 5.41) is 3.47. The van der Waals surface area contributed by atoms with Crippen LogP contribution < -0.4 is 10.2 Å². The number of nitrogens with zero attached hydrogens (tertiary/aromatic N) is 5. The second kappa shape index (κ2) is 8.98. The van der Waals surface area contributed by atoms with Crippen LogP contribution in [0.15, 0.2) is 18.5 Å². The van der Waals surface area contributed by atoms with E-state index in [-0.39, 0.29) is 0 Å². The van der Waals surface area contributed by atoms with Crippen molar-refractivity contribution in [1.29, 1.82) is 0 Å². The third-order valence-corrected chi connectivity index (χ3v) is 4.57. The molecule has 0 bridgehead atoms. The first-order valence-corrected chi connectivity index (χ1v) is 9.63. The van der Waals surface area contributed by atoms with Gasteiger partial charge in [-0.15, -0.1) is 0 Å². The quantitative estimate of drug-likeness (QED) is 0.732. The zero-order chi connectivity index (χ0) is 18.4. The van der Waals surface area contributed by atoms with Crippen LogP contribution in [0.5, 0.6) is 0 Å². The van der Waals surface area contributed by atoms with Crippen LogP contribution in [0.25, 0.3) is 0 Å². The molecule has 2 aromatic heterocycles. The van der Waals surface area contributed by atoms with Gasteiger partial charge in [-0.05, 0) is 12.8 Å². The maximum absolute atomic E-state index is 5.43. The van der Waals surface area contributed by atoms with Crippen molar-refractivity contribution >= 4 is 11.8 Å². The number of ether oxygens (including phenoxy) is 1. The second-order valence-corrected chi connectivity index (χ2v) is 6.91. The lowest BCUT2D eigenvalue weighted by atomic mass is 10.2. The van der Waals surface area contributed by atoms with Crippen LogP contribution >= 0.6 is 0 Å². The summed E-state index contributed by atoms with van der Waals surface area (Å²) < 4.78 is 7.67. The summed E-state index contributed by atoms with van der Waals surface area (Å²) in [5.41, 5.74) is 1.07. The molecule has 0 spiro atoms. The first-order chi connectivity index (χ1) is 12.7. The second-order valence-electron chi connectivity index (χ2n) is 6.91. The van der Waals surface area contributed by atoms with E-state index < -0.39 is 0 Å².